The molecule has 5 N–H and O–H groups in total. The van der Waals surface area contributed by atoms with Crippen molar-refractivity contribution in [1.29, 1.82) is 0 Å². The minimum atomic E-state index is -1.19. The van der Waals surface area contributed by atoms with Crippen LogP contribution in [0.1, 0.15) is 47.6 Å². The highest BCUT2D eigenvalue weighted by Gasteiger charge is 2.33. The fourth-order valence-electron chi connectivity index (χ4n) is 4.77. The van der Waals surface area contributed by atoms with E-state index in [2.05, 4.69) is 36.2 Å². The number of aromatic nitrogens is 3. The highest BCUT2D eigenvalue weighted by Crippen LogP contribution is 2.11. The Morgan fingerprint density at radius 3 is 2.04 bits per heavy atom. The molecule has 0 saturated carbocycles. The summed E-state index contributed by atoms with van der Waals surface area (Å²) in [5.41, 5.74) is 2.13. The van der Waals surface area contributed by atoms with Crippen molar-refractivity contribution < 1.29 is 28.7 Å². The Hall–Kier alpha value is -5.85. The van der Waals surface area contributed by atoms with Crippen molar-refractivity contribution in [1.82, 2.24) is 36.2 Å². The number of carbonyl (C=O) groups is 5. The molecule has 4 aromatic rings. The number of nitrogens with zero attached hydrogens (tertiary/aromatic N) is 2. The van der Waals surface area contributed by atoms with Crippen LogP contribution in [-0.4, -0.2) is 62.8 Å². The smallest absolute Gasteiger partial charge is 0.408 e. The maximum absolute atomic E-state index is 13.8. The van der Waals surface area contributed by atoms with Crippen molar-refractivity contribution in [2.24, 2.45) is 5.92 Å². The quantitative estimate of drug-likeness (QED) is 0.130. The zero-order valence-corrected chi connectivity index (χ0v) is 26.7. The Morgan fingerprint density at radius 2 is 1.42 bits per heavy atom. The summed E-state index contributed by atoms with van der Waals surface area (Å²) in [6.45, 7) is 3.61. The summed E-state index contributed by atoms with van der Waals surface area (Å²) in [7, 11) is 0. The molecule has 0 spiro atoms. The predicted molar refractivity (Wildman–Crippen MR) is 176 cm³/mol. The van der Waals surface area contributed by atoms with Gasteiger partial charge in [-0.3, -0.25) is 29.5 Å². The molecule has 0 aliphatic rings. The summed E-state index contributed by atoms with van der Waals surface area (Å²) in [5.74, 6) is -3.12. The van der Waals surface area contributed by atoms with Gasteiger partial charge in [0.25, 0.3) is 5.91 Å². The molecular formula is C35H39N7O6. The number of carbonyl (C=O) groups excluding carboxylic acids is 5. The molecule has 4 rings (SSSR count). The summed E-state index contributed by atoms with van der Waals surface area (Å²) < 4.78 is 5.37. The Bertz CT molecular complexity index is 1640. The number of pyridine rings is 1. The lowest BCUT2D eigenvalue weighted by atomic mass is 9.97. The Labute approximate surface area is 278 Å². The van der Waals surface area contributed by atoms with Gasteiger partial charge in [-0.05, 0) is 29.2 Å². The number of nitrogens with one attached hydrogen (secondary N) is 5. The first-order valence-corrected chi connectivity index (χ1v) is 15.6. The second-order valence-electron chi connectivity index (χ2n) is 11.2. The van der Waals surface area contributed by atoms with Crippen LogP contribution in [0.15, 0.2) is 97.6 Å². The van der Waals surface area contributed by atoms with Crippen molar-refractivity contribution in [3.8, 4) is 0 Å². The van der Waals surface area contributed by atoms with Gasteiger partial charge in [0.1, 0.15) is 30.4 Å². The van der Waals surface area contributed by atoms with Crippen LogP contribution in [0.25, 0.3) is 0 Å². The molecular weight excluding hydrogens is 614 g/mol. The van der Waals surface area contributed by atoms with Crippen LogP contribution >= 0.6 is 0 Å². The third-order valence-electron chi connectivity index (χ3n) is 7.64. The number of H-pyrrole nitrogens is 1. The zero-order chi connectivity index (χ0) is 34.3. The number of benzene rings is 2. The Balaban J connectivity index is 1.51. The van der Waals surface area contributed by atoms with Crippen LogP contribution in [0.4, 0.5) is 4.79 Å². The van der Waals surface area contributed by atoms with E-state index in [0.717, 1.165) is 11.1 Å². The SMILES string of the molecule is CC[C@H](C)[C@H](NC(=O)[C@H](Cc1cnc[nH]1)NC(=O)[C@H](Cc1ccccc1)NC(=O)OCc1ccccc1)C(=O)NC(=O)c1ccccn1. The lowest BCUT2D eigenvalue weighted by Crippen LogP contribution is -2.59. The van der Waals surface area contributed by atoms with E-state index >= 15 is 0 Å². The van der Waals surface area contributed by atoms with Gasteiger partial charge in [-0.1, -0.05) is 87.0 Å². The number of ether oxygens (including phenoxy) is 1. The van der Waals surface area contributed by atoms with E-state index in [0.29, 0.717) is 12.1 Å². The second-order valence-corrected chi connectivity index (χ2v) is 11.2. The van der Waals surface area contributed by atoms with Crippen LogP contribution in [0.3, 0.4) is 0 Å². The van der Waals surface area contributed by atoms with Crippen LogP contribution in [0.5, 0.6) is 0 Å². The molecule has 2 aromatic carbocycles. The van der Waals surface area contributed by atoms with Gasteiger partial charge in [0.15, 0.2) is 0 Å². The average Bonchev–Trinajstić information content (AvgIpc) is 3.63. The maximum atomic E-state index is 13.8. The molecule has 0 radical (unpaired) electrons. The first-order valence-electron chi connectivity index (χ1n) is 15.6. The third-order valence-corrected chi connectivity index (χ3v) is 7.64. The summed E-state index contributed by atoms with van der Waals surface area (Å²) in [4.78, 5) is 77.3. The molecule has 0 aliphatic heterocycles. The minimum absolute atomic E-state index is 0.000885. The normalized spacial score (nSPS) is 13.2. The van der Waals surface area contributed by atoms with E-state index in [9.17, 15) is 24.0 Å². The van der Waals surface area contributed by atoms with Crippen molar-refractivity contribution >= 4 is 29.7 Å². The minimum Gasteiger partial charge on any atom is -0.445 e. The lowest BCUT2D eigenvalue weighted by Gasteiger charge is -2.27. The predicted octanol–water partition coefficient (Wildman–Crippen LogP) is 2.86. The number of hydrogen-bond donors (Lipinski definition) is 5. The number of imidazole rings is 1. The van der Waals surface area contributed by atoms with E-state index in [4.69, 9.17) is 4.74 Å². The van der Waals surface area contributed by atoms with Gasteiger partial charge in [-0.25, -0.2) is 9.78 Å². The summed E-state index contributed by atoms with van der Waals surface area (Å²) in [5, 5.41) is 10.4. The molecule has 5 amide bonds. The van der Waals surface area contributed by atoms with E-state index in [1.54, 1.807) is 19.1 Å². The molecule has 13 nitrogen and oxygen atoms in total. The van der Waals surface area contributed by atoms with Gasteiger partial charge in [0.05, 0.1) is 6.33 Å². The molecule has 0 unspecified atom stereocenters. The number of rotatable bonds is 15. The number of aromatic amines is 1. The fraction of sp³-hybridized carbons (Fsp3) is 0.286. The third kappa shape index (κ3) is 10.6. The maximum Gasteiger partial charge on any atom is 0.408 e. The topological polar surface area (TPSA) is 184 Å². The second kappa shape index (κ2) is 17.7. The molecule has 0 bridgehead atoms. The largest absolute Gasteiger partial charge is 0.445 e. The molecule has 13 heteroatoms. The number of hydrogen-bond acceptors (Lipinski definition) is 8. The van der Waals surface area contributed by atoms with Crippen LogP contribution in [0, 0.1) is 5.92 Å². The highest BCUT2D eigenvalue weighted by molar-refractivity contribution is 6.06. The van der Waals surface area contributed by atoms with E-state index in [1.807, 2.05) is 67.6 Å². The Kier molecular flexibility index (Phi) is 12.9. The Morgan fingerprint density at radius 1 is 0.771 bits per heavy atom. The summed E-state index contributed by atoms with van der Waals surface area (Å²) >= 11 is 0. The van der Waals surface area contributed by atoms with Gasteiger partial charge in [-0.2, -0.15) is 0 Å². The molecule has 0 fully saturated rings. The van der Waals surface area contributed by atoms with Crippen LogP contribution in [-0.2, 0) is 38.6 Å². The monoisotopic (exact) mass is 653 g/mol. The molecule has 250 valence electrons. The van der Waals surface area contributed by atoms with Gasteiger partial charge in [0.2, 0.25) is 17.7 Å². The van der Waals surface area contributed by atoms with Gasteiger partial charge < -0.3 is 25.7 Å². The zero-order valence-electron chi connectivity index (χ0n) is 26.7. The fourth-order valence-corrected chi connectivity index (χ4v) is 4.77. The standard InChI is InChI=1S/C35H39N7O6/c1-3-23(2)30(34(46)42-31(43)27-16-10-11-17-37-27)41-33(45)29(19-26-20-36-22-38-26)39-32(44)28(18-24-12-6-4-7-13-24)40-35(47)48-21-25-14-8-5-9-15-25/h4-17,20,22-23,28-30H,3,18-19,21H2,1-2H3,(H,36,38)(H,39,44)(H,40,47)(H,41,45)(H,42,43,46)/t23-,28-,29-,30-/m0/s1. The molecule has 2 heterocycles. The summed E-state index contributed by atoms with van der Waals surface area (Å²) in [6.07, 6.45) is 4.18. The molecule has 48 heavy (non-hydrogen) atoms. The average molecular weight is 654 g/mol. The van der Waals surface area contributed by atoms with E-state index < -0.39 is 47.8 Å². The van der Waals surface area contributed by atoms with Crippen molar-refractivity contribution in [2.75, 3.05) is 0 Å². The van der Waals surface area contributed by atoms with Crippen LogP contribution in [0.2, 0.25) is 0 Å². The summed E-state index contributed by atoms with van der Waals surface area (Å²) in [6, 6.07) is 19.5. The van der Waals surface area contributed by atoms with Gasteiger partial charge in [-0.15, -0.1) is 0 Å². The van der Waals surface area contributed by atoms with Gasteiger partial charge in [0, 0.05) is 30.9 Å². The number of alkyl carbamates (subject to hydrolysis) is 1. The van der Waals surface area contributed by atoms with Crippen molar-refractivity contribution in [2.45, 2.75) is 57.8 Å². The number of imide groups is 1. The van der Waals surface area contributed by atoms with Crippen LogP contribution < -0.4 is 21.3 Å². The molecule has 2 aromatic heterocycles. The highest BCUT2D eigenvalue weighted by atomic mass is 16.5. The molecule has 0 aliphatic carbocycles. The van der Waals surface area contributed by atoms with E-state index in [-0.39, 0.29) is 31.1 Å². The van der Waals surface area contributed by atoms with Gasteiger partial charge >= 0.3 is 6.09 Å². The number of amides is 5. The van der Waals surface area contributed by atoms with Crippen molar-refractivity contribution in [3.63, 3.8) is 0 Å². The first kappa shape index (κ1) is 35.0. The van der Waals surface area contributed by atoms with Crippen molar-refractivity contribution in [3.05, 3.63) is 120 Å². The molecule has 0 saturated heterocycles. The lowest BCUT2D eigenvalue weighted by molar-refractivity contribution is -0.133. The van der Waals surface area contributed by atoms with E-state index in [1.165, 1.54) is 24.8 Å². The molecule has 4 atom stereocenters. The first-order chi connectivity index (χ1) is 23.2.